The van der Waals surface area contributed by atoms with Crippen LogP contribution in [0, 0.1) is 0 Å². The molecule has 3 heterocycles. The average Bonchev–Trinajstić information content (AvgIpc) is 3.19. The van der Waals surface area contributed by atoms with E-state index in [9.17, 15) is 9.59 Å². The molecule has 0 N–H and O–H groups in total. The number of hydrogen-bond donors (Lipinski definition) is 0. The lowest BCUT2D eigenvalue weighted by molar-refractivity contribution is -0.160. The molecule has 2 aliphatic heterocycles. The van der Waals surface area contributed by atoms with Crippen LogP contribution in [0.2, 0.25) is 0 Å². The molecule has 1 aromatic carbocycles. The number of rotatable bonds is 4. The molecule has 2 aliphatic rings. The van der Waals surface area contributed by atoms with Crippen molar-refractivity contribution in [3.8, 4) is 11.3 Å². The van der Waals surface area contributed by atoms with Crippen LogP contribution >= 0.6 is 0 Å². The summed E-state index contributed by atoms with van der Waals surface area (Å²) in [7, 11) is 1.97. The molecule has 0 aliphatic carbocycles. The lowest BCUT2D eigenvalue weighted by atomic mass is 10.1. The Morgan fingerprint density at radius 3 is 2.27 bits per heavy atom. The van der Waals surface area contributed by atoms with Crippen molar-refractivity contribution >= 4 is 11.8 Å². The number of aryl methyl sites for hydroxylation is 1. The number of aromatic nitrogens is 2. The van der Waals surface area contributed by atoms with Gasteiger partial charge in [0, 0.05) is 58.2 Å². The Morgan fingerprint density at radius 2 is 1.62 bits per heavy atom. The van der Waals surface area contributed by atoms with Gasteiger partial charge < -0.3 is 0 Å². The number of benzene rings is 1. The highest BCUT2D eigenvalue weighted by molar-refractivity contribution is 6.01. The van der Waals surface area contributed by atoms with Crippen LogP contribution in [0.3, 0.4) is 0 Å². The molecule has 0 radical (unpaired) electrons. The standard InChI is InChI=1S/C19H23N5O2/c1-21-16(13-17(20-21)15-5-3-2-4-6-15)14-22-9-11-23(12-10-22)24-18(25)7-8-19(24)26/h2-6,13H,7-12,14H2,1H3. The summed E-state index contributed by atoms with van der Waals surface area (Å²) in [4.78, 5) is 26.1. The fourth-order valence-corrected chi connectivity index (χ4v) is 3.61. The van der Waals surface area contributed by atoms with Gasteiger partial charge in [0.2, 0.25) is 11.8 Å². The predicted molar refractivity (Wildman–Crippen MR) is 96.6 cm³/mol. The van der Waals surface area contributed by atoms with Crippen molar-refractivity contribution in [2.75, 3.05) is 26.2 Å². The second-order valence-electron chi connectivity index (χ2n) is 6.84. The molecule has 7 heteroatoms. The minimum atomic E-state index is -0.0670. The van der Waals surface area contributed by atoms with Crippen LogP contribution in [0.15, 0.2) is 36.4 Å². The van der Waals surface area contributed by atoms with Gasteiger partial charge in [0.15, 0.2) is 0 Å². The molecule has 2 aromatic rings. The Hall–Kier alpha value is -2.51. The van der Waals surface area contributed by atoms with Gasteiger partial charge in [0.1, 0.15) is 0 Å². The van der Waals surface area contributed by atoms with Gasteiger partial charge in [-0.2, -0.15) is 5.10 Å². The Morgan fingerprint density at radius 1 is 0.962 bits per heavy atom. The van der Waals surface area contributed by atoms with Crippen molar-refractivity contribution in [2.45, 2.75) is 19.4 Å². The first-order valence-corrected chi connectivity index (χ1v) is 9.03. The summed E-state index contributed by atoms with van der Waals surface area (Å²) in [6.45, 7) is 3.85. The van der Waals surface area contributed by atoms with Gasteiger partial charge in [-0.15, -0.1) is 0 Å². The van der Waals surface area contributed by atoms with Gasteiger partial charge in [-0.3, -0.25) is 19.2 Å². The fraction of sp³-hybridized carbons (Fsp3) is 0.421. The van der Waals surface area contributed by atoms with E-state index in [1.165, 1.54) is 5.01 Å². The van der Waals surface area contributed by atoms with Crippen LogP contribution in [0.5, 0.6) is 0 Å². The van der Waals surface area contributed by atoms with Crippen molar-refractivity contribution in [3.63, 3.8) is 0 Å². The van der Waals surface area contributed by atoms with E-state index >= 15 is 0 Å². The number of carbonyl (C=O) groups is 2. The molecule has 7 nitrogen and oxygen atoms in total. The Kier molecular flexibility index (Phi) is 4.57. The first-order valence-electron chi connectivity index (χ1n) is 9.03. The van der Waals surface area contributed by atoms with E-state index < -0.39 is 0 Å². The molecule has 0 saturated carbocycles. The summed E-state index contributed by atoms with van der Waals surface area (Å²) < 4.78 is 1.93. The third-order valence-corrected chi connectivity index (χ3v) is 5.09. The molecule has 2 saturated heterocycles. The second kappa shape index (κ2) is 7.01. The van der Waals surface area contributed by atoms with Gasteiger partial charge in [-0.25, -0.2) is 10.0 Å². The van der Waals surface area contributed by atoms with Crippen LogP contribution in [-0.4, -0.2) is 62.7 Å². The topological polar surface area (TPSA) is 61.7 Å². The molecule has 2 fully saturated rings. The van der Waals surface area contributed by atoms with Crippen LogP contribution in [0.4, 0.5) is 0 Å². The van der Waals surface area contributed by atoms with Crippen molar-refractivity contribution in [2.24, 2.45) is 7.05 Å². The van der Waals surface area contributed by atoms with Gasteiger partial charge in [-0.1, -0.05) is 30.3 Å². The number of amides is 2. The summed E-state index contributed by atoms with van der Waals surface area (Å²) in [5.41, 5.74) is 3.26. The van der Waals surface area contributed by atoms with E-state index in [1.54, 1.807) is 0 Å². The Bertz CT molecular complexity index is 793. The minimum Gasteiger partial charge on any atom is -0.295 e. The molecule has 4 rings (SSSR count). The number of carbonyl (C=O) groups excluding carboxylic acids is 2. The smallest absolute Gasteiger partial charge is 0.244 e. The second-order valence-corrected chi connectivity index (χ2v) is 6.84. The molecule has 0 bridgehead atoms. The van der Waals surface area contributed by atoms with Crippen LogP contribution < -0.4 is 0 Å². The predicted octanol–water partition coefficient (Wildman–Crippen LogP) is 1.27. The van der Waals surface area contributed by atoms with E-state index in [4.69, 9.17) is 0 Å². The Labute approximate surface area is 152 Å². The van der Waals surface area contributed by atoms with Crippen molar-refractivity contribution < 1.29 is 9.59 Å². The SMILES string of the molecule is Cn1nc(-c2ccccc2)cc1CN1CCN(N2C(=O)CCC2=O)CC1. The maximum absolute atomic E-state index is 11.9. The number of imide groups is 1. The molecule has 26 heavy (non-hydrogen) atoms. The van der Waals surface area contributed by atoms with E-state index in [0.717, 1.165) is 36.6 Å². The largest absolute Gasteiger partial charge is 0.295 e. The summed E-state index contributed by atoms with van der Waals surface area (Å²) in [6.07, 6.45) is 0.687. The normalized spacial score (nSPS) is 19.5. The number of hydrazine groups is 1. The van der Waals surface area contributed by atoms with Crippen molar-refractivity contribution in [1.29, 1.82) is 0 Å². The molecule has 0 unspecified atom stereocenters. The third-order valence-electron chi connectivity index (χ3n) is 5.09. The summed E-state index contributed by atoms with van der Waals surface area (Å²) in [6, 6.07) is 12.3. The highest BCUT2D eigenvalue weighted by Crippen LogP contribution is 2.21. The molecule has 0 atom stereocenters. The number of piperazine rings is 1. The lowest BCUT2D eigenvalue weighted by Crippen LogP contribution is -2.55. The van der Waals surface area contributed by atoms with Crippen molar-refractivity contribution in [3.05, 3.63) is 42.1 Å². The monoisotopic (exact) mass is 353 g/mol. The molecule has 2 amide bonds. The summed E-state index contributed by atoms with van der Waals surface area (Å²) in [5.74, 6) is -0.134. The zero-order valence-corrected chi connectivity index (χ0v) is 15.0. The molecule has 1 aromatic heterocycles. The van der Waals surface area contributed by atoms with E-state index in [1.807, 2.05) is 34.9 Å². The first kappa shape index (κ1) is 16.9. The fourth-order valence-electron chi connectivity index (χ4n) is 3.61. The number of hydrogen-bond acceptors (Lipinski definition) is 5. The minimum absolute atomic E-state index is 0.0670. The molecular weight excluding hydrogens is 330 g/mol. The summed E-state index contributed by atoms with van der Waals surface area (Å²) >= 11 is 0. The van der Waals surface area contributed by atoms with E-state index in [2.05, 4.69) is 28.2 Å². The molecular formula is C19H23N5O2. The molecule has 0 spiro atoms. The van der Waals surface area contributed by atoms with Crippen molar-refractivity contribution in [1.82, 2.24) is 24.7 Å². The van der Waals surface area contributed by atoms with Crippen LogP contribution in [0.1, 0.15) is 18.5 Å². The highest BCUT2D eigenvalue weighted by Gasteiger charge is 2.35. The maximum atomic E-state index is 11.9. The highest BCUT2D eigenvalue weighted by atomic mass is 16.2. The van der Waals surface area contributed by atoms with Crippen LogP contribution in [0.25, 0.3) is 11.3 Å². The average molecular weight is 353 g/mol. The van der Waals surface area contributed by atoms with E-state index in [0.29, 0.717) is 25.9 Å². The summed E-state index contributed by atoms with van der Waals surface area (Å²) in [5, 5.41) is 7.88. The van der Waals surface area contributed by atoms with Gasteiger partial charge in [0.05, 0.1) is 11.4 Å². The number of nitrogens with zero attached hydrogens (tertiary/aromatic N) is 5. The zero-order chi connectivity index (χ0) is 18.1. The van der Waals surface area contributed by atoms with E-state index in [-0.39, 0.29) is 11.8 Å². The Balaban J connectivity index is 1.38. The lowest BCUT2D eigenvalue weighted by Gasteiger charge is -2.38. The quantitative estimate of drug-likeness (QED) is 0.775. The van der Waals surface area contributed by atoms with Gasteiger partial charge in [-0.05, 0) is 6.07 Å². The zero-order valence-electron chi connectivity index (χ0n) is 15.0. The maximum Gasteiger partial charge on any atom is 0.244 e. The first-order chi connectivity index (χ1) is 12.6. The van der Waals surface area contributed by atoms with Gasteiger partial charge >= 0.3 is 0 Å². The van der Waals surface area contributed by atoms with Gasteiger partial charge in [0.25, 0.3) is 0 Å². The molecule has 136 valence electrons. The third kappa shape index (κ3) is 3.27. The van der Waals surface area contributed by atoms with Crippen LogP contribution in [-0.2, 0) is 23.2 Å².